The Morgan fingerprint density at radius 1 is 1.20 bits per heavy atom. The van der Waals surface area contributed by atoms with Gasteiger partial charge in [-0.1, -0.05) is 13.8 Å². The molecule has 0 aromatic heterocycles. The minimum Gasteiger partial charge on any atom is -0.462 e. The van der Waals surface area contributed by atoms with Gasteiger partial charge in [-0.25, -0.2) is 8.42 Å². The molecule has 3 atom stereocenters. The quantitative estimate of drug-likeness (QED) is 0.791. The third-order valence-electron chi connectivity index (χ3n) is 4.15. The molecule has 1 saturated carbocycles. The first kappa shape index (κ1) is 15.8. The molecule has 0 spiro atoms. The lowest BCUT2D eigenvalue weighted by Crippen LogP contribution is -2.46. The molecule has 20 heavy (non-hydrogen) atoms. The van der Waals surface area contributed by atoms with E-state index in [1.807, 2.05) is 0 Å². The SMILES string of the molecule is CC1CC(C)CC(OC(=O)CC2CS(=O)(=O)CCN2)C1. The van der Waals surface area contributed by atoms with E-state index in [2.05, 4.69) is 19.2 Å². The molecule has 6 heteroatoms. The summed E-state index contributed by atoms with van der Waals surface area (Å²) in [6, 6.07) is -0.292. The molecule has 0 bridgehead atoms. The molecule has 0 amide bonds. The molecule has 116 valence electrons. The summed E-state index contributed by atoms with van der Waals surface area (Å²) in [6.07, 6.45) is 3.19. The Hall–Kier alpha value is -0.620. The second kappa shape index (κ2) is 6.43. The van der Waals surface area contributed by atoms with Gasteiger partial charge in [0.15, 0.2) is 9.84 Å². The topological polar surface area (TPSA) is 72.5 Å². The highest BCUT2D eigenvalue weighted by Gasteiger charge is 2.30. The Balaban J connectivity index is 1.80. The van der Waals surface area contributed by atoms with Crippen molar-refractivity contribution in [1.82, 2.24) is 5.32 Å². The molecule has 0 aromatic carbocycles. The van der Waals surface area contributed by atoms with Crippen molar-refractivity contribution >= 4 is 15.8 Å². The van der Waals surface area contributed by atoms with Crippen LogP contribution in [0.3, 0.4) is 0 Å². The Kier molecular flexibility index (Phi) is 5.07. The van der Waals surface area contributed by atoms with Gasteiger partial charge in [-0.15, -0.1) is 0 Å². The maximum absolute atomic E-state index is 11.9. The van der Waals surface area contributed by atoms with Crippen LogP contribution in [-0.2, 0) is 19.4 Å². The average molecular weight is 303 g/mol. The molecule has 2 rings (SSSR count). The van der Waals surface area contributed by atoms with Crippen LogP contribution in [0.15, 0.2) is 0 Å². The summed E-state index contributed by atoms with van der Waals surface area (Å²) in [6.45, 7) is 4.80. The van der Waals surface area contributed by atoms with Crippen LogP contribution in [-0.4, -0.2) is 44.6 Å². The largest absolute Gasteiger partial charge is 0.462 e. The van der Waals surface area contributed by atoms with Crippen molar-refractivity contribution in [2.75, 3.05) is 18.1 Å². The van der Waals surface area contributed by atoms with Crippen molar-refractivity contribution in [3.8, 4) is 0 Å². The van der Waals surface area contributed by atoms with Crippen molar-refractivity contribution in [3.63, 3.8) is 0 Å². The number of rotatable bonds is 3. The third kappa shape index (κ3) is 4.74. The minimum atomic E-state index is -3.00. The van der Waals surface area contributed by atoms with E-state index in [0.717, 1.165) is 12.8 Å². The maximum atomic E-state index is 11.9. The predicted molar refractivity (Wildman–Crippen MR) is 77.1 cm³/mol. The van der Waals surface area contributed by atoms with E-state index >= 15 is 0 Å². The molecule has 5 nitrogen and oxygen atoms in total. The Morgan fingerprint density at radius 2 is 1.85 bits per heavy atom. The van der Waals surface area contributed by atoms with Crippen LogP contribution >= 0.6 is 0 Å². The maximum Gasteiger partial charge on any atom is 0.307 e. The molecule has 1 saturated heterocycles. The standard InChI is InChI=1S/C14H25NO4S/c1-10-5-11(2)7-13(6-10)19-14(16)8-12-9-20(17,18)4-3-15-12/h10-13,15H,3-9H2,1-2H3. The second-order valence-corrected chi connectivity index (χ2v) is 8.73. The van der Waals surface area contributed by atoms with Crippen molar-refractivity contribution in [1.29, 1.82) is 0 Å². The number of hydrogen-bond acceptors (Lipinski definition) is 5. The van der Waals surface area contributed by atoms with E-state index < -0.39 is 9.84 Å². The van der Waals surface area contributed by atoms with E-state index in [1.165, 1.54) is 6.42 Å². The normalized spacial score (nSPS) is 37.3. The fraction of sp³-hybridized carbons (Fsp3) is 0.929. The zero-order chi connectivity index (χ0) is 14.8. The number of carbonyl (C=O) groups excluding carboxylic acids is 1. The van der Waals surface area contributed by atoms with Gasteiger partial charge >= 0.3 is 5.97 Å². The summed E-state index contributed by atoms with van der Waals surface area (Å²) >= 11 is 0. The van der Waals surface area contributed by atoms with Crippen LogP contribution in [0, 0.1) is 11.8 Å². The Bertz CT molecular complexity index is 438. The number of esters is 1. The number of hydrogen-bond donors (Lipinski definition) is 1. The lowest BCUT2D eigenvalue weighted by molar-refractivity contribution is -0.152. The van der Waals surface area contributed by atoms with E-state index in [-0.39, 0.29) is 36.0 Å². The lowest BCUT2D eigenvalue weighted by Gasteiger charge is -2.31. The first-order valence-corrected chi connectivity index (χ1v) is 9.29. The van der Waals surface area contributed by atoms with Crippen LogP contribution in [0.1, 0.15) is 39.5 Å². The first-order valence-electron chi connectivity index (χ1n) is 7.47. The zero-order valence-corrected chi connectivity index (χ0v) is 13.1. The highest BCUT2D eigenvalue weighted by Crippen LogP contribution is 2.30. The van der Waals surface area contributed by atoms with Gasteiger partial charge in [-0.3, -0.25) is 4.79 Å². The van der Waals surface area contributed by atoms with E-state index in [0.29, 0.717) is 18.4 Å². The summed E-state index contributed by atoms with van der Waals surface area (Å²) in [5.41, 5.74) is 0. The summed E-state index contributed by atoms with van der Waals surface area (Å²) in [4.78, 5) is 11.9. The van der Waals surface area contributed by atoms with Crippen molar-refractivity contribution < 1.29 is 17.9 Å². The molecule has 0 aromatic rings. The minimum absolute atomic E-state index is 0.00134. The predicted octanol–water partition coefficient (Wildman–Crippen LogP) is 1.13. The van der Waals surface area contributed by atoms with E-state index in [9.17, 15) is 13.2 Å². The smallest absolute Gasteiger partial charge is 0.307 e. The molecule has 3 unspecified atom stereocenters. The van der Waals surface area contributed by atoms with Crippen LogP contribution in [0.4, 0.5) is 0 Å². The van der Waals surface area contributed by atoms with Crippen molar-refractivity contribution in [2.45, 2.75) is 51.7 Å². The first-order chi connectivity index (χ1) is 9.34. The van der Waals surface area contributed by atoms with Crippen LogP contribution < -0.4 is 5.32 Å². The van der Waals surface area contributed by atoms with Crippen LogP contribution in [0.2, 0.25) is 0 Å². The highest BCUT2D eigenvalue weighted by molar-refractivity contribution is 7.91. The van der Waals surface area contributed by atoms with Crippen LogP contribution in [0.5, 0.6) is 0 Å². The zero-order valence-electron chi connectivity index (χ0n) is 12.3. The van der Waals surface area contributed by atoms with Gasteiger partial charge < -0.3 is 10.1 Å². The molecule has 1 aliphatic carbocycles. The van der Waals surface area contributed by atoms with Crippen molar-refractivity contribution in [2.24, 2.45) is 11.8 Å². The Morgan fingerprint density at radius 3 is 2.45 bits per heavy atom. The molecule has 2 fully saturated rings. The van der Waals surface area contributed by atoms with Gasteiger partial charge in [0.25, 0.3) is 0 Å². The lowest BCUT2D eigenvalue weighted by atomic mass is 9.82. The Labute approximate surface area is 121 Å². The molecule has 1 aliphatic heterocycles. The van der Waals surface area contributed by atoms with Gasteiger partial charge in [-0.2, -0.15) is 0 Å². The molecular weight excluding hydrogens is 278 g/mol. The van der Waals surface area contributed by atoms with Gasteiger partial charge in [-0.05, 0) is 31.1 Å². The van der Waals surface area contributed by atoms with Crippen molar-refractivity contribution in [3.05, 3.63) is 0 Å². The number of nitrogens with one attached hydrogen (secondary N) is 1. The monoisotopic (exact) mass is 303 g/mol. The van der Waals surface area contributed by atoms with Gasteiger partial charge in [0.2, 0.25) is 0 Å². The fourth-order valence-electron chi connectivity index (χ4n) is 3.40. The highest BCUT2D eigenvalue weighted by atomic mass is 32.2. The molecule has 2 aliphatic rings. The van der Waals surface area contributed by atoms with Gasteiger partial charge in [0, 0.05) is 12.6 Å². The van der Waals surface area contributed by atoms with Gasteiger partial charge in [0.1, 0.15) is 6.10 Å². The summed E-state index contributed by atoms with van der Waals surface area (Å²) in [7, 11) is -3.00. The molecule has 0 radical (unpaired) electrons. The second-order valence-electron chi connectivity index (χ2n) is 6.50. The summed E-state index contributed by atoms with van der Waals surface area (Å²) in [5, 5.41) is 3.08. The van der Waals surface area contributed by atoms with E-state index in [4.69, 9.17) is 4.74 Å². The molecule has 1 N–H and O–H groups in total. The number of ether oxygens (including phenoxy) is 1. The van der Waals surface area contributed by atoms with Gasteiger partial charge in [0.05, 0.1) is 17.9 Å². The summed E-state index contributed by atoms with van der Waals surface area (Å²) < 4.78 is 28.6. The fourth-order valence-corrected chi connectivity index (χ4v) is 4.85. The van der Waals surface area contributed by atoms with E-state index in [1.54, 1.807) is 0 Å². The number of sulfone groups is 1. The molecule has 1 heterocycles. The number of carbonyl (C=O) groups is 1. The average Bonchev–Trinajstić information content (AvgIpc) is 2.25. The third-order valence-corrected chi connectivity index (χ3v) is 5.88. The molecular formula is C14H25NO4S. The summed E-state index contributed by atoms with van der Waals surface area (Å²) in [5.74, 6) is 1.11. The van der Waals surface area contributed by atoms with Crippen LogP contribution in [0.25, 0.3) is 0 Å².